The second-order valence-electron chi connectivity index (χ2n) is 5.32. The lowest BCUT2D eigenvalue weighted by molar-refractivity contribution is -0.117. The molecule has 0 atom stereocenters. The number of halogens is 1. The highest BCUT2D eigenvalue weighted by Crippen LogP contribution is 2.30. The zero-order chi connectivity index (χ0) is 16.2. The summed E-state index contributed by atoms with van der Waals surface area (Å²) in [4.78, 5) is 30.0. The molecule has 0 spiro atoms. The van der Waals surface area contributed by atoms with E-state index in [4.69, 9.17) is 11.6 Å². The van der Waals surface area contributed by atoms with Crippen molar-refractivity contribution in [3.8, 4) is 0 Å². The summed E-state index contributed by atoms with van der Waals surface area (Å²) in [7, 11) is 0. The van der Waals surface area contributed by atoms with Crippen molar-refractivity contribution < 1.29 is 9.59 Å². The van der Waals surface area contributed by atoms with Gasteiger partial charge in [0, 0.05) is 24.7 Å². The largest absolute Gasteiger partial charge is 0.346 e. The standard InChI is InChI=1S/C17H16ClN3O2/c18-14-7-6-12(10-15(14)21-9-3-5-16(21)22)17(23)20-11-13-4-1-2-8-19-13/h1-2,4,6-8,10H,3,5,9,11H2,(H,20,23). The molecule has 0 aliphatic carbocycles. The number of pyridine rings is 1. The Labute approximate surface area is 139 Å². The van der Waals surface area contributed by atoms with Crippen LogP contribution in [0.15, 0.2) is 42.6 Å². The van der Waals surface area contributed by atoms with Crippen LogP contribution >= 0.6 is 11.6 Å². The minimum Gasteiger partial charge on any atom is -0.346 e. The lowest BCUT2D eigenvalue weighted by Gasteiger charge is -2.18. The van der Waals surface area contributed by atoms with Crippen molar-refractivity contribution in [1.29, 1.82) is 0 Å². The Morgan fingerprint density at radius 2 is 2.17 bits per heavy atom. The fourth-order valence-electron chi connectivity index (χ4n) is 2.54. The number of nitrogens with zero attached hydrogens (tertiary/aromatic N) is 2. The van der Waals surface area contributed by atoms with Crippen molar-refractivity contribution in [1.82, 2.24) is 10.3 Å². The minimum atomic E-state index is -0.222. The second kappa shape index (κ2) is 6.79. The van der Waals surface area contributed by atoms with Crippen LogP contribution < -0.4 is 10.2 Å². The lowest BCUT2D eigenvalue weighted by Crippen LogP contribution is -2.26. The molecule has 0 radical (unpaired) electrons. The molecule has 0 unspecified atom stereocenters. The van der Waals surface area contributed by atoms with Gasteiger partial charge in [-0.25, -0.2) is 0 Å². The summed E-state index contributed by atoms with van der Waals surface area (Å²) in [6.45, 7) is 0.984. The van der Waals surface area contributed by atoms with Crippen LogP contribution in [0.3, 0.4) is 0 Å². The van der Waals surface area contributed by atoms with Crippen molar-refractivity contribution in [2.24, 2.45) is 0 Å². The normalized spacial score (nSPS) is 14.1. The molecular weight excluding hydrogens is 314 g/mol. The molecule has 6 heteroatoms. The number of amides is 2. The number of aromatic nitrogens is 1. The summed E-state index contributed by atoms with van der Waals surface area (Å²) in [5.41, 5.74) is 1.85. The minimum absolute atomic E-state index is 0.0398. The highest BCUT2D eigenvalue weighted by molar-refractivity contribution is 6.34. The molecule has 2 heterocycles. The molecule has 1 aromatic carbocycles. The van der Waals surface area contributed by atoms with Crippen LogP contribution in [-0.2, 0) is 11.3 Å². The molecule has 0 saturated carbocycles. The quantitative estimate of drug-likeness (QED) is 0.938. The molecule has 1 aromatic heterocycles. The Bertz CT molecular complexity index is 734. The van der Waals surface area contributed by atoms with Gasteiger partial charge in [-0.15, -0.1) is 0 Å². The highest BCUT2D eigenvalue weighted by atomic mass is 35.5. The highest BCUT2D eigenvalue weighted by Gasteiger charge is 2.24. The van der Waals surface area contributed by atoms with Gasteiger partial charge in [0.1, 0.15) is 0 Å². The summed E-state index contributed by atoms with van der Waals surface area (Å²) in [6.07, 6.45) is 3.01. The van der Waals surface area contributed by atoms with E-state index in [1.165, 1.54) is 0 Å². The van der Waals surface area contributed by atoms with E-state index in [9.17, 15) is 9.59 Å². The van der Waals surface area contributed by atoms with Crippen molar-refractivity contribution in [3.63, 3.8) is 0 Å². The summed E-state index contributed by atoms with van der Waals surface area (Å²) in [5.74, 6) is -0.182. The molecule has 5 nitrogen and oxygen atoms in total. The summed E-state index contributed by atoms with van der Waals surface area (Å²) in [6, 6.07) is 10.5. The van der Waals surface area contributed by atoms with Crippen molar-refractivity contribution in [2.45, 2.75) is 19.4 Å². The molecule has 3 rings (SSSR count). The Kier molecular flexibility index (Phi) is 4.57. The first kappa shape index (κ1) is 15.5. The number of carbonyl (C=O) groups excluding carboxylic acids is 2. The molecule has 0 bridgehead atoms. The van der Waals surface area contributed by atoms with Crippen molar-refractivity contribution in [2.75, 3.05) is 11.4 Å². The van der Waals surface area contributed by atoms with E-state index in [1.807, 2.05) is 18.2 Å². The van der Waals surface area contributed by atoms with Crippen molar-refractivity contribution >= 4 is 29.1 Å². The van der Waals surface area contributed by atoms with Crippen LogP contribution in [0, 0.1) is 0 Å². The third-order valence-electron chi connectivity index (χ3n) is 3.73. The van der Waals surface area contributed by atoms with E-state index >= 15 is 0 Å². The molecular formula is C17H16ClN3O2. The summed E-state index contributed by atoms with van der Waals surface area (Å²) in [5, 5.41) is 3.29. The number of nitrogens with one attached hydrogen (secondary N) is 1. The molecule has 1 fully saturated rings. The number of hydrogen-bond donors (Lipinski definition) is 1. The molecule has 2 amide bonds. The van der Waals surface area contributed by atoms with E-state index in [0.29, 0.717) is 35.8 Å². The second-order valence-corrected chi connectivity index (χ2v) is 5.73. The molecule has 23 heavy (non-hydrogen) atoms. The number of anilines is 1. The molecule has 118 valence electrons. The molecule has 2 aromatic rings. The van der Waals surface area contributed by atoms with Gasteiger partial charge in [-0.3, -0.25) is 14.6 Å². The Morgan fingerprint density at radius 1 is 1.30 bits per heavy atom. The Balaban J connectivity index is 1.74. The van der Waals surface area contributed by atoms with Gasteiger partial charge in [0.25, 0.3) is 5.91 Å². The first-order valence-electron chi connectivity index (χ1n) is 7.43. The van der Waals surface area contributed by atoms with Gasteiger partial charge in [0.05, 0.1) is 22.9 Å². The predicted octanol–water partition coefficient (Wildman–Crippen LogP) is 2.79. The van der Waals surface area contributed by atoms with E-state index in [2.05, 4.69) is 10.3 Å². The number of rotatable bonds is 4. The Morgan fingerprint density at radius 3 is 2.87 bits per heavy atom. The number of carbonyl (C=O) groups is 2. The molecule has 1 aliphatic rings. The maximum absolute atomic E-state index is 12.3. The summed E-state index contributed by atoms with van der Waals surface area (Å²) < 4.78 is 0. The number of benzene rings is 1. The lowest BCUT2D eigenvalue weighted by atomic mass is 10.1. The summed E-state index contributed by atoms with van der Waals surface area (Å²) >= 11 is 6.18. The SMILES string of the molecule is O=C(NCc1ccccn1)c1ccc(Cl)c(N2CCCC2=O)c1. The number of hydrogen-bond acceptors (Lipinski definition) is 3. The molecule has 1 saturated heterocycles. The zero-order valence-corrected chi connectivity index (χ0v) is 13.2. The topological polar surface area (TPSA) is 62.3 Å². The van der Waals surface area contributed by atoms with E-state index in [1.54, 1.807) is 29.3 Å². The third kappa shape index (κ3) is 3.51. The van der Waals surface area contributed by atoms with Gasteiger partial charge in [-0.1, -0.05) is 17.7 Å². The van der Waals surface area contributed by atoms with Gasteiger partial charge in [0.2, 0.25) is 5.91 Å². The fraction of sp³-hybridized carbons (Fsp3) is 0.235. The maximum atomic E-state index is 12.3. The zero-order valence-electron chi connectivity index (χ0n) is 12.5. The van der Waals surface area contributed by atoms with Gasteiger partial charge in [-0.2, -0.15) is 0 Å². The first-order valence-corrected chi connectivity index (χ1v) is 7.81. The van der Waals surface area contributed by atoms with Crippen LogP contribution in [0.25, 0.3) is 0 Å². The van der Waals surface area contributed by atoms with Crippen LogP contribution in [0.2, 0.25) is 5.02 Å². The van der Waals surface area contributed by atoms with Gasteiger partial charge in [0.15, 0.2) is 0 Å². The predicted molar refractivity (Wildman–Crippen MR) is 88.4 cm³/mol. The Hall–Kier alpha value is -2.40. The fourth-order valence-corrected chi connectivity index (χ4v) is 2.76. The average molecular weight is 330 g/mol. The van der Waals surface area contributed by atoms with Gasteiger partial charge >= 0.3 is 0 Å². The average Bonchev–Trinajstić information content (AvgIpc) is 3.00. The molecule has 1 aliphatic heterocycles. The smallest absolute Gasteiger partial charge is 0.251 e. The van der Waals surface area contributed by atoms with Gasteiger partial charge < -0.3 is 10.2 Å². The van der Waals surface area contributed by atoms with Crippen molar-refractivity contribution in [3.05, 3.63) is 58.9 Å². The van der Waals surface area contributed by atoms with E-state index in [-0.39, 0.29) is 11.8 Å². The van der Waals surface area contributed by atoms with Crippen LogP contribution in [0.5, 0.6) is 0 Å². The van der Waals surface area contributed by atoms with Gasteiger partial charge in [-0.05, 0) is 36.8 Å². The van der Waals surface area contributed by atoms with E-state index < -0.39 is 0 Å². The molecule has 1 N–H and O–H groups in total. The van der Waals surface area contributed by atoms with Crippen LogP contribution in [-0.4, -0.2) is 23.3 Å². The maximum Gasteiger partial charge on any atom is 0.251 e. The van der Waals surface area contributed by atoms with E-state index in [0.717, 1.165) is 12.1 Å². The third-order valence-corrected chi connectivity index (χ3v) is 4.05. The monoisotopic (exact) mass is 329 g/mol. The van der Waals surface area contributed by atoms with Crippen LogP contribution in [0.1, 0.15) is 28.9 Å². The van der Waals surface area contributed by atoms with Crippen LogP contribution in [0.4, 0.5) is 5.69 Å². The first-order chi connectivity index (χ1) is 11.1.